The van der Waals surface area contributed by atoms with Gasteiger partial charge in [0.05, 0.1) is 0 Å². The molecule has 0 fully saturated rings. The van der Waals surface area contributed by atoms with E-state index in [1.165, 1.54) is 24.3 Å². The molecule has 0 radical (unpaired) electrons. The molecule has 0 bridgehead atoms. The van der Waals surface area contributed by atoms with Gasteiger partial charge in [-0.2, -0.15) is 5.10 Å². The fourth-order valence-electron chi connectivity index (χ4n) is 2.56. The number of phenols is 1. The van der Waals surface area contributed by atoms with Crippen LogP contribution in [0.5, 0.6) is 5.75 Å². The molecule has 24 heavy (non-hydrogen) atoms. The predicted octanol–water partition coefficient (Wildman–Crippen LogP) is -0.0792. The first kappa shape index (κ1) is 16.0. The number of nitrogens with one attached hydrogen (secondary N) is 4. The van der Waals surface area contributed by atoms with Crippen molar-refractivity contribution in [1.29, 1.82) is 0 Å². The summed E-state index contributed by atoms with van der Waals surface area (Å²) in [6, 6.07) is 5.97. The molecule has 0 saturated heterocycles. The van der Waals surface area contributed by atoms with Gasteiger partial charge in [0, 0.05) is 49.4 Å². The minimum Gasteiger partial charge on any atom is -0.508 e. The maximum atomic E-state index is 12.2. The van der Waals surface area contributed by atoms with Gasteiger partial charge in [-0.1, -0.05) is 0 Å². The van der Waals surface area contributed by atoms with E-state index in [0.29, 0.717) is 30.9 Å². The molecule has 0 spiro atoms. The number of H-pyrrole nitrogens is 1. The van der Waals surface area contributed by atoms with Crippen LogP contribution in [-0.2, 0) is 13.0 Å². The molecule has 8 nitrogen and oxygen atoms in total. The lowest BCUT2D eigenvalue weighted by molar-refractivity contribution is 0.0924. The Morgan fingerprint density at radius 3 is 2.58 bits per heavy atom. The van der Waals surface area contributed by atoms with E-state index in [-0.39, 0.29) is 17.6 Å². The van der Waals surface area contributed by atoms with Crippen LogP contribution in [0.15, 0.2) is 24.3 Å². The largest absolute Gasteiger partial charge is 0.508 e. The van der Waals surface area contributed by atoms with Crippen molar-refractivity contribution in [3.63, 3.8) is 0 Å². The fourth-order valence-corrected chi connectivity index (χ4v) is 2.56. The lowest BCUT2D eigenvalue weighted by Crippen LogP contribution is -2.35. The summed E-state index contributed by atoms with van der Waals surface area (Å²) in [7, 11) is 0. The molecular formula is C16H19N5O3. The van der Waals surface area contributed by atoms with Crippen molar-refractivity contribution in [1.82, 2.24) is 26.1 Å². The monoisotopic (exact) mass is 329 g/mol. The molecule has 1 aromatic carbocycles. The van der Waals surface area contributed by atoms with Crippen LogP contribution in [0.2, 0.25) is 0 Å². The van der Waals surface area contributed by atoms with Crippen molar-refractivity contribution in [3.05, 3.63) is 46.8 Å². The zero-order valence-corrected chi connectivity index (χ0v) is 13.1. The summed E-state index contributed by atoms with van der Waals surface area (Å²) in [4.78, 5) is 24.1. The average Bonchev–Trinajstić information content (AvgIpc) is 3.03. The zero-order chi connectivity index (χ0) is 16.9. The number of aromatic nitrogens is 2. The second-order valence-electron chi connectivity index (χ2n) is 5.51. The molecule has 0 saturated carbocycles. The highest BCUT2D eigenvalue weighted by Gasteiger charge is 2.21. The molecule has 0 atom stereocenters. The van der Waals surface area contributed by atoms with E-state index in [4.69, 9.17) is 0 Å². The molecule has 1 aliphatic rings. The summed E-state index contributed by atoms with van der Waals surface area (Å²) < 4.78 is 0. The van der Waals surface area contributed by atoms with Gasteiger partial charge < -0.3 is 21.1 Å². The lowest BCUT2D eigenvalue weighted by atomic mass is 10.1. The van der Waals surface area contributed by atoms with Crippen LogP contribution in [0.25, 0.3) is 0 Å². The Bertz CT molecular complexity index is 739. The Balaban J connectivity index is 1.46. The normalized spacial score (nSPS) is 13.2. The Hall–Kier alpha value is -2.87. The first-order valence-corrected chi connectivity index (χ1v) is 7.77. The van der Waals surface area contributed by atoms with Crippen molar-refractivity contribution in [2.45, 2.75) is 13.0 Å². The fraction of sp³-hybridized carbons (Fsp3) is 0.312. The van der Waals surface area contributed by atoms with Crippen LogP contribution in [-0.4, -0.2) is 46.8 Å². The van der Waals surface area contributed by atoms with Gasteiger partial charge in [0.25, 0.3) is 11.8 Å². The molecule has 2 amide bonds. The van der Waals surface area contributed by atoms with E-state index in [0.717, 1.165) is 24.2 Å². The lowest BCUT2D eigenvalue weighted by Gasteiger charge is -2.13. The van der Waals surface area contributed by atoms with Crippen molar-refractivity contribution in [2.24, 2.45) is 0 Å². The summed E-state index contributed by atoms with van der Waals surface area (Å²) in [6.45, 7) is 2.11. The quantitative estimate of drug-likeness (QED) is 0.492. The van der Waals surface area contributed by atoms with Gasteiger partial charge in [0.1, 0.15) is 5.75 Å². The molecule has 5 N–H and O–H groups in total. The maximum Gasteiger partial charge on any atom is 0.272 e. The molecule has 2 aromatic rings. The van der Waals surface area contributed by atoms with Crippen molar-refractivity contribution >= 4 is 11.8 Å². The minimum atomic E-state index is -0.259. The Morgan fingerprint density at radius 2 is 1.83 bits per heavy atom. The average molecular weight is 329 g/mol. The van der Waals surface area contributed by atoms with Gasteiger partial charge >= 0.3 is 0 Å². The second kappa shape index (κ2) is 7.14. The number of aromatic amines is 1. The molecule has 8 heteroatoms. The summed E-state index contributed by atoms with van der Waals surface area (Å²) in [5, 5.41) is 24.8. The topological polar surface area (TPSA) is 119 Å². The molecule has 1 aromatic heterocycles. The number of rotatable bonds is 5. The van der Waals surface area contributed by atoms with Crippen molar-refractivity contribution < 1.29 is 14.7 Å². The highest BCUT2D eigenvalue weighted by atomic mass is 16.3. The number of fused-ring (bicyclic) bond motifs is 1. The van der Waals surface area contributed by atoms with E-state index in [1.807, 2.05) is 0 Å². The third-order valence-electron chi connectivity index (χ3n) is 3.85. The third-order valence-corrected chi connectivity index (χ3v) is 3.85. The van der Waals surface area contributed by atoms with Crippen molar-refractivity contribution in [2.75, 3.05) is 19.6 Å². The first-order chi connectivity index (χ1) is 11.6. The van der Waals surface area contributed by atoms with Crippen LogP contribution in [0.1, 0.15) is 32.1 Å². The van der Waals surface area contributed by atoms with E-state index in [9.17, 15) is 14.7 Å². The van der Waals surface area contributed by atoms with Crippen molar-refractivity contribution in [3.8, 4) is 5.75 Å². The van der Waals surface area contributed by atoms with Crippen LogP contribution < -0.4 is 16.0 Å². The molecule has 1 aliphatic heterocycles. The van der Waals surface area contributed by atoms with Gasteiger partial charge in [0.2, 0.25) is 0 Å². The first-order valence-electron chi connectivity index (χ1n) is 7.77. The predicted molar refractivity (Wildman–Crippen MR) is 86.8 cm³/mol. The van der Waals surface area contributed by atoms with Gasteiger partial charge in [-0.05, 0) is 24.3 Å². The number of carbonyl (C=O) groups excluding carboxylic acids is 2. The molecular weight excluding hydrogens is 310 g/mol. The number of carbonyl (C=O) groups is 2. The maximum absolute atomic E-state index is 12.2. The second-order valence-corrected chi connectivity index (χ2v) is 5.51. The molecule has 0 unspecified atom stereocenters. The number of nitrogens with zero attached hydrogens (tertiary/aromatic N) is 1. The van der Waals surface area contributed by atoms with Gasteiger partial charge in [0.15, 0.2) is 5.69 Å². The summed E-state index contributed by atoms with van der Waals surface area (Å²) >= 11 is 0. The number of amides is 2. The Kier molecular flexibility index (Phi) is 4.76. The van der Waals surface area contributed by atoms with Crippen LogP contribution >= 0.6 is 0 Å². The molecule has 2 heterocycles. The summed E-state index contributed by atoms with van der Waals surface area (Å²) in [5.74, 6) is -0.406. The zero-order valence-electron chi connectivity index (χ0n) is 13.1. The highest BCUT2D eigenvalue weighted by Crippen LogP contribution is 2.14. The van der Waals surface area contributed by atoms with Crippen LogP contribution in [0.3, 0.4) is 0 Å². The number of phenolic OH excluding ortho intramolecular Hbond substituents is 1. The minimum absolute atomic E-state index is 0.107. The van der Waals surface area contributed by atoms with Gasteiger partial charge in [-0.15, -0.1) is 0 Å². The molecule has 126 valence electrons. The van der Waals surface area contributed by atoms with Gasteiger partial charge in [-0.3, -0.25) is 14.7 Å². The smallest absolute Gasteiger partial charge is 0.272 e. The molecule has 0 aliphatic carbocycles. The molecule has 3 rings (SSSR count). The van der Waals surface area contributed by atoms with Crippen LogP contribution in [0, 0.1) is 0 Å². The summed E-state index contributed by atoms with van der Waals surface area (Å²) in [6.07, 6.45) is 0.832. The van der Waals surface area contributed by atoms with Gasteiger partial charge in [-0.25, -0.2) is 0 Å². The number of hydrogen-bond acceptors (Lipinski definition) is 5. The van der Waals surface area contributed by atoms with E-state index >= 15 is 0 Å². The van der Waals surface area contributed by atoms with E-state index in [1.54, 1.807) is 0 Å². The third kappa shape index (κ3) is 3.54. The van der Waals surface area contributed by atoms with Crippen LogP contribution in [0.4, 0.5) is 0 Å². The number of aromatic hydroxyl groups is 1. The Morgan fingerprint density at radius 1 is 1.12 bits per heavy atom. The summed E-state index contributed by atoms with van der Waals surface area (Å²) in [5.41, 5.74) is 2.76. The SMILES string of the molecule is O=C(NCCNC(=O)c1n[nH]c2c1CNCC2)c1ccc(O)cc1. The standard InChI is InChI=1S/C16H19N5O3/c22-11-3-1-10(2-4-11)15(23)18-7-8-19-16(24)14-12-9-17-6-5-13(12)20-21-14/h1-4,17,22H,5-9H2,(H,18,23)(H,19,24)(H,20,21). The number of benzene rings is 1. The van der Waals surface area contributed by atoms with E-state index in [2.05, 4.69) is 26.1 Å². The highest BCUT2D eigenvalue weighted by molar-refractivity contribution is 5.95. The van der Waals surface area contributed by atoms with E-state index < -0.39 is 0 Å². The Labute approximate surface area is 138 Å². The number of hydrogen-bond donors (Lipinski definition) is 5.